The molecule has 1 spiro atoms. The molecule has 2 heteroatoms. The van der Waals surface area contributed by atoms with Gasteiger partial charge in [-0.1, -0.05) is 159 Å². The SMILES string of the molecule is CC1(C)c2ccccc2-c2c(N(c3ccc4c(c3)C3(c5ccccc5-c5ccccc53)c3ccccc3-4)c3cccc4c3oc3ccccc34)cccc21. The van der Waals surface area contributed by atoms with Crippen molar-refractivity contribution in [1.82, 2.24) is 0 Å². The summed E-state index contributed by atoms with van der Waals surface area (Å²) in [6, 6.07) is 65.1. The molecule has 0 saturated heterocycles. The van der Waals surface area contributed by atoms with Crippen LogP contribution in [0.2, 0.25) is 0 Å². The van der Waals surface area contributed by atoms with Crippen molar-refractivity contribution < 1.29 is 4.42 Å². The van der Waals surface area contributed by atoms with Crippen LogP contribution in [0.4, 0.5) is 17.1 Å². The fraction of sp³-hybridized carbons (Fsp3) is 0.0769. The van der Waals surface area contributed by atoms with E-state index in [0.717, 1.165) is 39.0 Å². The van der Waals surface area contributed by atoms with E-state index in [0.29, 0.717) is 0 Å². The summed E-state index contributed by atoms with van der Waals surface area (Å²) in [5.74, 6) is 0. The number of hydrogen-bond acceptors (Lipinski definition) is 2. The maximum Gasteiger partial charge on any atom is 0.159 e. The normalized spacial score (nSPS) is 14.8. The van der Waals surface area contributed by atoms with Crippen LogP contribution in [0.1, 0.15) is 47.2 Å². The average molecular weight is 690 g/mol. The first kappa shape index (κ1) is 29.9. The second kappa shape index (κ2) is 10.5. The Bertz CT molecular complexity index is 2990. The first-order valence-corrected chi connectivity index (χ1v) is 18.9. The van der Waals surface area contributed by atoms with Crippen LogP contribution in [0.25, 0.3) is 55.3 Å². The molecule has 12 rings (SSSR count). The van der Waals surface area contributed by atoms with Crippen LogP contribution in [-0.4, -0.2) is 0 Å². The van der Waals surface area contributed by atoms with E-state index in [4.69, 9.17) is 4.42 Å². The van der Waals surface area contributed by atoms with Gasteiger partial charge in [0.2, 0.25) is 0 Å². The number of para-hydroxylation sites is 2. The van der Waals surface area contributed by atoms with Gasteiger partial charge < -0.3 is 9.32 Å². The number of nitrogens with zero attached hydrogens (tertiary/aromatic N) is 1. The summed E-state index contributed by atoms with van der Waals surface area (Å²) in [5.41, 5.74) is 20.3. The Labute approximate surface area is 314 Å². The summed E-state index contributed by atoms with van der Waals surface area (Å²) in [6.45, 7) is 4.72. The fourth-order valence-corrected chi connectivity index (χ4v) is 10.5. The highest BCUT2D eigenvalue weighted by molar-refractivity contribution is 6.11. The molecule has 3 aliphatic carbocycles. The summed E-state index contributed by atoms with van der Waals surface area (Å²) in [6.07, 6.45) is 0. The molecule has 3 aliphatic rings. The molecule has 0 atom stereocenters. The number of fused-ring (bicyclic) bond motifs is 16. The van der Waals surface area contributed by atoms with E-state index in [9.17, 15) is 0 Å². The van der Waals surface area contributed by atoms with E-state index in [1.807, 2.05) is 0 Å². The van der Waals surface area contributed by atoms with Crippen molar-refractivity contribution in [2.75, 3.05) is 4.90 Å². The summed E-state index contributed by atoms with van der Waals surface area (Å²) >= 11 is 0. The van der Waals surface area contributed by atoms with Crippen molar-refractivity contribution in [1.29, 1.82) is 0 Å². The predicted molar refractivity (Wildman–Crippen MR) is 222 cm³/mol. The molecule has 1 aromatic heterocycles. The van der Waals surface area contributed by atoms with Crippen molar-refractivity contribution in [3.63, 3.8) is 0 Å². The van der Waals surface area contributed by atoms with Crippen molar-refractivity contribution in [2.24, 2.45) is 0 Å². The fourth-order valence-electron chi connectivity index (χ4n) is 10.5. The lowest BCUT2D eigenvalue weighted by Gasteiger charge is -2.33. The molecular weight excluding hydrogens is 655 g/mol. The quantitative estimate of drug-likeness (QED) is 0.184. The molecule has 9 aromatic rings. The summed E-state index contributed by atoms with van der Waals surface area (Å²) < 4.78 is 6.83. The van der Waals surface area contributed by atoms with E-state index in [1.165, 1.54) is 66.8 Å². The van der Waals surface area contributed by atoms with Crippen molar-refractivity contribution in [3.8, 4) is 33.4 Å². The van der Waals surface area contributed by atoms with Crippen molar-refractivity contribution in [3.05, 3.63) is 209 Å². The van der Waals surface area contributed by atoms with Gasteiger partial charge in [-0.05, 0) is 91.5 Å². The zero-order valence-corrected chi connectivity index (χ0v) is 30.1. The van der Waals surface area contributed by atoms with Gasteiger partial charge in [0.25, 0.3) is 0 Å². The van der Waals surface area contributed by atoms with Gasteiger partial charge >= 0.3 is 0 Å². The molecule has 0 radical (unpaired) electrons. The van der Waals surface area contributed by atoms with E-state index in [1.54, 1.807) is 0 Å². The first-order chi connectivity index (χ1) is 26.6. The lowest BCUT2D eigenvalue weighted by molar-refractivity contribution is 0.660. The van der Waals surface area contributed by atoms with E-state index in [2.05, 4.69) is 195 Å². The molecule has 0 aliphatic heterocycles. The Kier molecular flexibility index (Phi) is 5.81. The van der Waals surface area contributed by atoms with Crippen LogP contribution in [0.3, 0.4) is 0 Å². The Balaban J connectivity index is 1.20. The Morgan fingerprint density at radius 1 is 0.407 bits per heavy atom. The summed E-state index contributed by atoms with van der Waals surface area (Å²) in [7, 11) is 0. The smallest absolute Gasteiger partial charge is 0.159 e. The molecule has 0 saturated carbocycles. The molecule has 2 nitrogen and oxygen atoms in total. The van der Waals surface area contributed by atoms with Gasteiger partial charge in [0.15, 0.2) is 5.58 Å². The molecule has 0 unspecified atom stereocenters. The van der Waals surface area contributed by atoms with Gasteiger partial charge in [0.05, 0.1) is 16.8 Å². The van der Waals surface area contributed by atoms with Gasteiger partial charge in [-0.2, -0.15) is 0 Å². The number of hydrogen-bond donors (Lipinski definition) is 0. The largest absolute Gasteiger partial charge is 0.454 e. The summed E-state index contributed by atoms with van der Waals surface area (Å²) in [4.78, 5) is 2.48. The second-order valence-electron chi connectivity index (χ2n) is 15.6. The van der Waals surface area contributed by atoms with E-state index < -0.39 is 5.41 Å². The molecule has 0 fully saturated rings. The van der Waals surface area contributed by atoms with E-state index in [-0.39, 0.29) is 5.41 Å². The summed E-state index contributed by atoms with van der Waals surface area (Å²) in [5, 5.41) is 2.24. The van der Waals surface area contributed by atoms with Gasteiger partial charge in [-0.3, -0.25) is 0 Å². The number of anilines is 3. The minimum Gasteiger partial charge on any atom is -0.454 e. The lowest BCUT2D eigenvalue weighted by Crippen LogP contribution is -2.26. The van der Waals surface area contributed by atoms with E-state index >= 15 is 0 Å². The van der Waals surface area contributed by atoms with Crippen LogP contribution < -0.4 is 4.90 Å². The number of furan rings is 1. The number of rotatable bonds is 3. The van der Waals surface area contributed by atoms with Crippen LogP contribution in [0.5, 0.6) is 0 Å². The topological polar surface area (TPSA) is 16.4 Å². The molecule has 0 N–H and O–H groups in total. The minimum absolute atomic E-state index is 0.139. The highest BCUT2D eigenvalue weighted by atomic mass is 16.3. The third-order valence-corrected chi connectivity index (χ3v) is 12.7. The third-order valence-electron chi connectivity index (χ3n) is 12.7. The minimum atomic E-state index is -0.445. The molecule has 1 heterocycles. The molecular formula is C52H35NO. The zero-order chi connectivity index (χ0) is 35.8. The van der Waals surface area contributed by atoms with Gasteiger partial charge in [-0.25, -0.2) is 0 Å². The maximum atomic E-state index is 6.83. The van der Waals surface area contributed by atoms with Gasteiger partial charge in [0.1, 0.15) is 5.58 Å². The van der Waals surface area contributed by atoms with Crippen LogP contribution >= 0.6 is 0 Å². The van der Waals surface area contributed by atoms with Crippen molar-refractivity contribution >= 4 is 39.0 Å². The highest BCUT2D eigenvalue weighted by Crippen LogP contribution is 2.64. The Morgan fingerprint density at radius 3 is 1.63 bits per heavy atom. The standard InChI is InChI=1S/C52H35NO/c1-51(2)40-21-8-6-19-39(40)49-44(51)25-14-26-46(49)53(47-27-13-20-38-37-18-7-12-28-48(37)54-50(38)47)32-29-30-36-35-17-5-11-24-43(35)52(45(36)31-32)41-22-9-3-15-33(41)34-16-4-10-23-42(34)52/h3-31H,1-2H3. The second-order valence-corrected chi connectivity index (χ2v) is 15.6. The molecule has 54 heavy (non-hydrogen) atoms. The molecule has 8 aromatic carbocycles. The van der Waals surface area contributed by atoms with Gasteiger partial charge in [-0.15, -0.1) is 0 Å². The Hall–Kier alpha value is -6.64. The molecule has 254 valence electrons. The average Bonchev–Trinajstić information content (AvgIpc) is 3.91. The third kappa shape index (κ3) is 3.60. The molecule has 0 amide bonds. The predicted octanol–water partition coefficient (Wildman–Crippen LogP) is 13.7. The monoisotopic (exact) mass is 689 g/mol. The molecule has 0 bridgehead atoms. The number of benzene rings is 8. The van der Waals surface area contributed by atoms with Crippen molar-refractivity contribution in [2.45, 2.75) is 24.7 Å². The van der Waals surface area contributed by atoms with Crippen LogP contribution in [0, 0.1) is 0 Å². The zero-order valence-electron chi connectivity index (χ0n) is 30.1. The lowest BCUT2D eigenvalue weighted by atomic mass is 9.70. The van der Waals surface area contributed by atoms with Crippen LogP contribution in [-0.2, 0) is 10.8 Å². The van der Waals surface area contributed by atoms with Crippen LogP contribution in [0.15, 0.2) is 180 Å². The highest BCUT2D eigenvalue weighted by Gasteiger charge is 2.51. The first-order valence-electron chi connectivity index (χ1n) is 18.9. The Morgan fingerprint density at radius 2 is 0.926 bits per heavy atom. The maximum absolute atomic E-state index is 6.83. The van der Waals surface area contributed by atoms with Gasteiger partial charge in [0, 0.05) is 27.4 Å².